The molecule has 0 aliphatic heterocycles. The Morgan fingerprint density at radius 2 is 2.22 bits per heavy atom. The van der Waals surface area contributed by atoms with Gasteiger partial charge in [0.25, 0.3) is 5.91 Å². The van der Waals surface area contributed by atoms with Crippen LogP contribution in [0.2, 0.25) is 0 Å². The normalized spacial score (nSPS) is 14.7. The fourth-order valence-electron chi connectivity index (χ4n) is 1.79. The van der Waals surface area contributed by atoms with Crippen molar-refractivity contribution >= 4 is 28.6 Å². The number of hydrogen-bond acceptors (Lipinski definition) is 4. The SMILES string of the molecule is NC(=O)c1oc2cccnc2c1NC(=O)C1CC1. The number of carbonyl (C=O) groups excluding carboxylic acids is 2. The number of pyridine rings is 1. The van der Waals surface area contributed by atoms with Crippen LogP contribution < -0.4 is 11.1 Å². The third-order valence-corrected chi connectivity index (χ3v) is 2.87. The molecule has 6 heteroatoms. The van der Waals surface area contributed by atoms with E-state index in [1.165, 1.54) is 0 Å². The molecule has 2 amide bonds. The predicted octanol–water partition coefficient (Wildman–Crippen LogP) is 1.28. The lowest BCUT2D eigenvalue weighted by Crippen LogP contribution is -2.18. The molecule has 0 bridgehead atoms. The number of aromatic nitrogens is 1. The minimum atomic E-state index is -0.723. The summed E-state index contributed by atoms with van der Waals surface area (Å²) in [6, 6.07) is 3.35. The van der Waals surface area contributed by atoms with Gasteiger partial charge in [-0.25, -0.2) is 0 Å². The summed E-state index contributed by atoms with van der Waals surface area (Å²) in [6.07, 6.45) is 3.32. The van der Waals surface area contributed by atoms with Gasteiger partial charge in [0.15, 0.2) is 5.58 Å². The molecule has 0 radical (unpaired) electrons. The van der Waals surface area contributed by atoms with Crippen LogP contribution in [-0.4, -0.2) is 16.8 Å². The Kier molecular flexibility index (Phi) is 2.29. The van der Waals surface area contributed by atoms with Crippen LogP contribution in [0.3, 0.4) is 0 Å². The molecule has 18 heavy (non-hydrogen) atoms. The van der Waals surface area contributed by atoms with E-state index >= 15 is 0 Å². The molecule has 3 N–H and O–H groups in total. The highest BCUT2D eigenvalue weighted by atomic mass is 16.3. The lowest BCUT2D eigenvalue weighted by molar-refractivity contribution is -0.117. The maximum atomic E-state index is 11.8. The van der Waals surface area contributed by atoms with Crippen LogP contribution in [-0.2, 0) is 4.79 Å². The molecule has 6 nitrogen and oxygen atoms in total. The number of nitrogens with zero attached hydrogens (tertiary/aromatic N) is 1. The van der Waals surface area contributed by atoms with Crippen molar-refractivity contribution < 1.29 is 14.0 Å². The van der Waals surface area contributed by atoms with Crippen molar-refractivity contribution in [2.24, 2.45) is 11.7 Å². The monoisotopic (exact) mass is 245 g/mol. The Bertz CT molecular complexity index is 643. The van der Waals surface area contributed by atoms with E-state index in [4.69, 9.17) is 10.2 Å². The Balaban J connectivity index is 2.08. The first-order valence-corrected chi connectivity index (χ1v) is 5.65. The van der Waals surface area contributed by atoms with Gasteiger partial charge in [0.05, 0.1) is 0 Å². The van der Waals surface area contributed by atoms with Gasteiger partial charge < -0.3 is 15.5 Å². The molecule has 0 aromatic carbocycles. The summed E-state index contributed by atoms with van der Waals surface area (Å²) >= 11 is 0. The second-order valence-electron chi connectivity index (χ2n) is 4.28. The molecule has 92 valence electrons. The summed E-state index contributed by atoms with van der Waals surface area (Å²) in [4.78, 5) is 27.2. The highest BCUT2D eigenvalue weighted by molar-refractivity contribution is 6.09. The van der Waals surface area contributed by atoms with E-state index in [0.717, 1.165) is 12.8 Å². The Morgan fingerprint density at radius 3 is 2.89 bits per heavy atom. The molecule has 0 unspecified atom stereocenters. The van der Waals surface area contributed by atoms with E-state index in [1.54, 1.807) is 18.3 Å². The Labute approximate surface area is 102 Å². The number of nitrogens with one attached hydrogen (secondary N) is 1. The van der Waals surface area contributed by atoms with Gasteiger partial charge in [-0.2, -0.15) is 0 Å². The number of hydrogen-bond donors (Lipinski definition) is 2. The van der Waals surface area contributed by atoms with Crippen LogP contribution in [0.25, 0.3) is 11.1 Å². The molecule has 2 aromatic rings. The molecule has 0 spiro atoms. The third kappa shape index (κ3) is 1.71. The van der Waals surface area contributed by atoms with Gasteiger partial charge in [-0.3, -0.25) is 14.6 Å². The van der Waals surface area contributed by atoms with Crippen LogP contribution in [0, 0.1) is 5.92 Å². The van der Waals surface area contributed by atoms with Crippen molar-refractivity contribution in [3.8, 4) is 0 Å². The van der Waals surface area contributed by atoms with E-state index in [-0.39, 0.29) is 23.3 Å². The zero-order chi connectivity index (χ0) is 12.7. The van der Waals surface area contributed by atoms with E-state index in [1.807, 2.05) is 0 Å². The number of furan rings is 1. The fourth-order valence-corrected chi connectivity index (χ4v) is 1.79. The number of amides is 2. The van der Waals surface area contributed by atoms with Crippen LogP contribution in [0.4, 0.5) is 5.69 Å². The van der Waals surface area contributed by atoms with Gasteiger partial charge in [-0.15, -0.1) is 0 Å². The highest BCUT2D eigenvalue weighted by Crippen LogP contribution is 2.33. The average molecular weight is 245 g/mol. The summed E-state index contributed by atoms with van der Waals surface area (Å²) in [6.45, 7) is 0. The number of nitrogens with two attached hydrogens (primary N) is 1. The molecule has 1 aliphatic carbocycles. The predicted molar refractivity (Wildman–Crippen MR) is 63.9 cm³/mol. The number of rotatable bonds is 3. The Hall–Kier alpha value is -2.37. The van der Waals surface area contributed by atoms with Gasteiger partial charge in [0.2, 0.25) is 11.7 Å². The maximum absolute atomic E-state index is 11.8. The summed E-state index contributed by atoms with van der Waals surface area (Å²) in [5.74, 6) is -0.873. The van der Waals surface area contributed by atoms with E-state index in [2.05, 4.69) is 10.3 Å². The molecule has 3 rings (SSSR count). The van der Waals surface area contributed by atoms with Crippen molar-refractivity contribution in [1.29, 1.82) is 0 Å². The molecular formula is C12H11N3O3. The first-order chi connectivity index (χ1) is 8.66. The van der Waals surface area contributed by atoms with Crippen LogP contribution in [0.1, 0.15) is 23.4 Å². The Morgan fingerprint density at radius 1 is 1.44 bits per heavy atom. The van der Waals surface area contributed by atoms with Gasteiger partial charge in [0, 0.05) is 12.1 Å². The molecular weight excluding hydrogens is 234 g/mol. The minimum Gasteiger partial charge on any atom is -0.447 e. The third-order valence-electron chi connectivity index (χ3n) is 2.87. The number of carbonyl (C=O) groups is 2. The van der Waals surface area contributed by atoms with Crippen molar-refractivity contribution in [2.45, 2.75) is 12.8 Å². The summed E-state index contributed by atoms with van der Waals surface area (Å²) < 4.78 is 5.31. The van der Waals surface area contributed by atoms with Crippen LogP contribution >= 0.6 is 0 Å². The van der Waals surface area contributed by atoms with Crippen LogP contribution in [0.15, 0.2) is 22.7 Å². The van der Waals surface area contributed by atoms with Gasteiger partial charge in [0.1, 0.15) is 11.2 Å². The van der Waals surface area contributed by atoms with Crippen LogP contribution in [0.5, 0.6) is 0 Å². The smallest absolute Gasteiger partial charge is 0.286 e. The molecule has 2 aromatic heterocycles. The molecule has 0 atom stereocenters. The number of fused-ring (bicyclic) bond motifs is 1. The average Bonchev–Trinajstić information content (AvgIpc) is 3.13. The minimum absolute atomic E-state index is 0.0272. The molecule has 1 fully saturated rings. The van der Waals surface area contributed by atoms with Crippen molar-refractivity contribution in [3.05, 3.63) is 24.1 Å². The van der Waals surface area contributed by atoms with E-state index < -0.39 is 5.91 Å². The van der Waals surface area contributed by atoms with Crippen molar-refractivity contribution in [2.75, 3.05) is 5.32 Å². The quantitative estimate of drug-likeness (QED) is 0.850. The highest BCUT2D eigenvalue weighted by Gasteiger charge is 2.31. The van der Waals surface area contributed by atoms with Gasteiger partial charge in [-0.05, 0) is 25.0 Å². The lowest BCUT2D eigenvalue weighted by atomic mass is 10.3. The summed E-state index contributed by atoms with van der Waals surface area (Å²) in [5, 5.41) is 2.68. The van der Waals surface area contributed by atoms with E-state index in [9.17, 15) is 9.59 Å². The van der Waals surface area contributed by atoms with Crippen molar-refractivity contribution in [3.63, 3.8) is 0 Å². The van der Waals surface area contributed by atoms with E-state index in [0.29, 0.717) is 11.1 Å². The molecule has 2 heterocycles. The largest absolute Gasteiger partial charge is 0.447 e. The first kappa shape index (κ1) is 10.8. The summed E-state index contributed by atoms with van der Waals surface area (Å²) in [7, 11) is 0. The maximum Gasteiger partial charge on any atom is 0.286 e. The molecule has 1 saturated carbocycles. The van der Waals surface area contributed by atoms with Crippen molar-refractivity contribution in [1.82, 2.24) is 4.98 Å². The second-order valence-corrected chi connectivity index (χ2v) is 4.28. The zero-order valence-corrected chi connectivity index (χ0v) is 9.47. The zero-order valence-electron chi connectivity index (χ0n) is 9.47. The molecule has 1 aliphatic rings. The second kappa shape index (κ2) is 3.83. The number of primary amides is 1. The van der Waals surface area contributed by atoms with Gasteiger partial charge >= 0.3 is 0 Å². The number of anilines is 1. The lowest BCUT2D eigenvalue weighted by Gasteiger charge is -2.02. The first-order valence-electron chi connectivity index (χ1n) is 5.65. The fraction of sp³-hybridized carbons (Fsp3) is 0.250. The standard InChI is InChI=1S/C12H11N3O3/c13-11(16)10-9(15-12(17)6-3-4-6)8-7(18-10)2-1-5-14-8/h1-2,5-6H,3-4H2,(H2,13,16)(H,15,17). The van der Waals surface area contributed by atoms with Gasteiger partial charge in [-0.1, -0.05) is 0 Å². The summed E-state index contributed by atoms with van der Waals surface area (Å²) in [5.41, 5.74) is 6.38. The topological polar surface area (TPSA) is 98.2 Å². The molecule has 0 saturated heterocycles.